The number of nitrogens with zero attached hydrogens (tertiary/aromatic N) is 1. The Morgan fingerprint density at radius 3 is 2.94 bits per heavy atom. The van der Waals surface area contributed by atoms with Gasteiger partial charge in [0.05, 0.1) is 6.61 Å². The number of hydrazine groups is 1. The van der Waals surface area contributed by atoms with Gasteiger partial charge in [0.2, 0.25) is 0 Å². The smallest absolute Gasteiger partial charge is 0.150 e. The van der Waals surface area contributed by atoms with Crippen molar-refractivity contribution in [2.45, 2.75) is 6.61 Å². The van der Waals surface area contributed by atoms with Crippen LogP contribution < -0.4 is 5.43 Å². The predicted molar refractivity (Wildman–Crippen MR) is 61.5 cm³/mol. The Labute approximate surface area is 94.2 Å². The third-order valence-corrected chi connectivity index (χ3v) is 2.64. The van der Waals surface area contributed by atoms with Gasteiger partial charge in [0.1, 0.15) is 0 Å². The summed E-state index contributed by atoms with van der Waals surface area (Å²) in [6.07, 6.45) is 2.79. The summed E-state index contributed by atoms with van der Waals surface area (Å²) in [7, 11) is 1.91. The molecule has 1 aromatic rings. The summed E-state index contributed by atoms with van der Waals surface area (Å²) >= 11 is 0. The first kappa shape index (κ1) is 10.9. The number of nitrogens with one attached hydrogen (secondary N) is 1. The summed E-state index contributed by atoms with van der Waals surface area (Å²) in [5.41, 5.74) is 6.53. The van der Waals surface area contributed by atoms with Crippen LogP contribution in [0.3, 0.4) is 0 Å². The molecule has 0 aromatic heterocycles. The van der Waals surface area contributed by atoms with Crippen LogP contribution in [0.1, 0.15) is 21.5 Å². The number of carbonyl (C=O) groups is 1. The minimum atomic E-state index is -0.0112. The summed E-state index contributed by atoms with van der Waals surface area (Å²) < 4.78 is 0. The molecule has 0 atom stereocenters. The van der Waals surface area contributed by atoms with Crippen LogP contribution in [0.5, 0.6) is 0 Å². The van der Waals surface area contributed by atoms with Gasteiger partial charge in [-0.2, -0.15) is 0 Å². The average Bonchev–Trinajstić information content (AvgIpc) is 2.75. The zero-order valence-electron chi connectivity index (χ0n) is 9.10. The van der Waals surface area contributed by atoms with Crippen molar-refractivity contribution >= 4 is 11.9 Å². The summed E-state index contributed by atoms with van der Waals surface area (Å²) in [4.78, 5) is 10.9. The van der Waals surface area contributed by atoms with Crippen LogP contribution in [0.15, 0.2) is 24.4 Å². The van der Waals surface area contributed by atoms with Gasteiger partial charge in [0.25, 0.3) is 0 Å². The van der Waals surface area contributed by atoms with Crippen molar-refractivity contribution in [3.63, 3.8) is 0 Å². The zero-order chi connectivity index (χ0) is 11.5. The highest BCUT2D eigenvalue weighted by atomic mass is 16.3. The molecule has 0 fully saturated rings. The molecule has 0 amide bonds. The molecule has 0 bridgehead atoms. The number of rotatable bonds is 3. The molecule has 0 saturated carbocycles. The second-order valence-electron chi connectivity index (χ2n) is 3.80. The third-order valence-electron chi connectivity index (χ3n) is 2.64. The van der Waals surface area contributed by atoms with Crippen molar-refractivity contribution in [1.82, 2.24) is 10.4 Å². The maximum absolute atomic E-state index is 10.9. The molecule has 0 unspecified atom stereocenters. The van der Waals surface area contributed by atoms with E-state index < -0.39 is 0 Å². The van der Waals surface area contributed by atoms with E-state index in [-0.39, 0.29) is 6.61 Å². The van der Waals surface area contributed by atoms with E-state index >= 15 is 0 Å². The van der Waals surface area contributed by atoms with Crippen molar-refractivity contribution in [1.29, 1.82) is 0 Å². The fourth-order valence-corrected chi connectivity index (χ4v) is 1.78. The number of aliphatic hydroxyl groups is 1. The fraction of sp³-hybridized carbons (Fsp3) is 0.250. The standard InChI is InChI=1S/C12H14N2O2/c1-14-6-11(5-13-14)12-4-9(7-15)2-3-10(12)8-16/h2-4,6,8,13,15H,5,7H2,1H3. The largest absolute Gasteiger partial charge is 0.392 e. The molecule has 0 spiro atoms. The van der Waals surface area contributed by atoms with Crippen LogP contribution in [-0.4, -0.2) is 30.0 Å². The number of aldehydes is 1. The van der Waals surface area contributed by atoms with Crippen LogP contribution in [0.4, 0.5) is 0 Å². The van der Waals surface area contributed by atoms with E-state index in [0.29, 0.717) is 12.1 Å². The normalized spacial score (nSPS) is 15.1. The topological polar surface area (TPSA) is 52.6 Å². The van der Waals surface area contributed by atoms with E-state index in [0.717, 1.165) is 23.0 Å². The lowest BCUT2D eigenvalue weighted by Crippen LogP contribution is -2.23. The van der Waals surface area contributed by atoms with Gasteiger partial charge in [-0.3, -0.25) is 4.79 Å². The molecule has 2 N–H and O–H groups in total. The quantitative estimate of drug-likeness (QED) is 0.736. The highest BCUT2D eigenvalue weighted by Gasteiger charge is 2.13. The molecule has 2 rings (SSSR count). The first-order valence-corrected chi connectivity index (χ1v) is 5.11. The monoisotopic (exact) mass is 218 g/mol. The molecule has 84 valence electrons. The van der Waals surface area contributed by atoms with Gasteiger partial charge in [0.15, 0.2) is 6.29 Å². The molecule has 16 heavy (non-hydrogen) atoms. The van der Waals surface area contributed by atoms with Crippen LogP contribution >= 0.6 is 0 Å². The van der Waals surface area contributed by atoms with E-state index in [1.807, 2.05) is 24.3 Å². The van der Waals surface area contributed by atoms with E-state index in [4.69, 9.17) is 5.11 Å². The van der Waals surface area contributed by atoms with E-state index in [2.05, 4.69) is 5.43 Å². The molecule has 1 aliphatic heterocycles. The highest BCUT2D eigenvalue weighted by Crippen LogP contribution is 2.22. The predicted octanol–water partition coefficient (Wildman–Crippen LogP) is 0.782. The number of aliphatic hydroxyl groups excluding tert-OH is 1. The van der Waals surface area contributed by atoms with Gasteiger partial charge in [-0.25, -0.2) is 5.43 Å². The van der Waals surface area contributed by atoms with Gasteiger partial charge in [-0.15, -0.1) is 0 Å². The zero-order valence-corrected chi connectivity index (χ0v) is 9.10. The number of carbonyl (C=O) groups excluding carboxylic acids is 1. The Hall–Kier alpha value is -1.65. The molecule has 0 saturated heterocycles. The van der Waals surface area contributed by atoms with Gasteiger partial charge < -0.3 is 10.1 Å². The maximum Gasteiger partial charge on any atom is 0.150 e. The molecule has 0 radical (unpaired) electrons. The van der Waals surface area contributed by atoms with E-state index in [1.165, 1.54) is 0 Å². The number of hydrogen-bond acceptors (Lipinski definition) is 4. The summed E-state index contributed by atoms with van der Waals surface area (Å²) in [6.45, 7) is 0.689. The van der Waals surface area contributed by atoms with E-state index in [1.54, 1.807) is 12.1 Å². The summed E-state index contributed by atoms with van der Waals surface area (Å²) in [5.74, 6) is 0. The van der Waals surface area contributed by atoms with Crippen LogP contribution in [0.2, 0.25) is 0 Å². The summed E-state index contributed by atoms with van der Waals surface area (Å²) in [6, 6.07) is 5.36. The lowest BCUT2D eigenvalue weighted by molar-refractivity contribution is 0.112. The minimum absolute atomic E-state index is 0.0112. The van der Waals surface area contributed by atoms with Crippen molar-refractivity contribution in [2.24, 2.45) is 0 Å². The second kappa shape index (κ2) is 4.47. The lowest BCUT2D eigenvalue weighted by Gasteiger charge is -2.06. The van der Waals surface area contributed by atoms with Crippen molar-refractivity contribution in [3.8, 4) is 0 Å². The van der Waals surface area contributed by atoms with Crippen molar-refractivity contribution < 1.29 is 9.90 Å². The van der Waals surface area contributed by atoms with Crippen molar-refractivity contribution in [2.75, 3.05) is 13.6 Å². The minimum Gasteiger partial charge on any atom is -0.392 e. The van der Waals surface area contributed by atoms with Crippen molar-refractivity contribution in [3.05, 3.63) is 41.1 Å². The average molecular weight is 218 g/mol. The Morgan fingerprint density at radius 2 is 2.38 bits per heavy atom. The van der Waals surface area contributed by atoms with Gasteiger partial charge in [-0.05, 0) is 22.8 Å². The SMILES string of the molecule is CN1C=C(c2cc(CO)ccc2C=O)CN1. The molecule has 4 nitrogen and oxygen atoms in total. The molecule has 1 heterocycles. The maximum atomic E-state index is 10.9. The van der Waals surface area contributed by atoms with Gasteiger partial charge in [0, 0.05) is 25.4 Å². The Bertz CT molecular complexity index is 441. The van der Waals surface area contributed by atoms with Gasteiger partial charge >= 0.3 is 0 Å². The molecule has 1 aromatic carbocycles. The molecular formula is C12H14N2O2. The molecule has 1 aliphatic rings. The molecular weight excluding hydrogens is 204 g/mol. The lowest BCUT2D eigenvalue weighted by atomic mass is 9.99. The Kier molecular flexibility index (Phi) is 3.03. The van der Waals surface area contributed by atoms with Crippen LogP contribution in [0.25, 0.3) is 5.57 Å². The Balaban J connectivity index is 2.44. The first-order chi connectivity index (χ1) is 7.74. The van der Waals surface area contributed by atoms with Crippen LogP contribution in [-0.2, 0) is 6.61 Å². The first-order valence-electron chi connectivity index (χ1n) is 5.11. The highest BCUT2D eigenvalue weighted by molar-refractivity contribution is 5.86. The molecule has 0 aliphatic carbocycles. The third kappa shape index (κ3) is 1.98. The van der Waals surface area contributed by atoms with Gasteiger partial charge in [-0.1, -0.05) is 12.1 Å². The second-order valence-corrected chi connectivity index (χ2v) is 3.80. The molecule has 4 heteroatoms. The van der Waals surface area contributed by atoms with E-state index in [9.17, 15) is 4.79 Å². The number of hydrogen-bond donors (Lipinski definition) is 2. The fourth-order valence-electron chi connectivity index (χ4n) is 1.78. The number of benzene rings is 1. The summed E-state index contributed by atoms with van der Waals surface area (Å²) in [5, 5.41) is 10.9. The Morgan fingerprint density at radius 1 is 1.56 bits per heavy atom. The van der Waals surface area contributed by atoms with Crippen LogP contribution in [0, 0.1) is 0 Å².